The van der Waals surface area contributed by atoms with Crippen molar-refractivity contribution in [1.82, 2.24) is 9.88 Å². The third kappa shape index (κ3) is 3.66. The number of amides is 1. The monoisotopic (exact) mass is 344 g/mol. The number of hydrogen-bond donors (Lipinski definition) is 1. The van der Waals surface area contributed by atoms with Gasteiger partial charge in [0, 0.05) is 38.0 Å². The average Bonchev–Trinajstić information content (AvgIpc) is 3.09. The van der Waals surface area contributed by atoms with Crippen LogP contribution in [0.3, 0.4) is 0 Å². The molecule has 2 heterocycles. The Kier molecular flexibility index (Phi) is 4.99. The molecular weight excluding hydrogens is 320 g/mol. The Hall–Kier alpha value is -1.76. The summed E-state index contributed by atoms with van der Waals surface area (Å²) in [6, 6.07) is 8.17. The van der Waals surface area contributed by atoms with Crippen LogP contribution in [0.5, 0.6) is 0 Å². The Labute approximate surface area is 147 Å². The fourth-order valence-electron chi connectivity index (χ4n) is 3.05. The van der Waals surface area contributed by atoms with Crippen LogP contribution in [0.4, 0.5) is 10.8 Å². The predicted octanol–water partition coefficient (Wildman–Crippen LogP) is 2.92. The SMILES string of the molecule is CC(=O)N(c1ccc(C)cc1)c1nc(CN2CC(C)C(N)C2)cs1. The van der Waals surface area contributed by atoms with Crippen LogP contribution in [0.2, 0.25) is 0 Å². The molecule has 5 nitrogen and oxygen atoms in total. The van der Waals surface area contributed by atoms with Crippen LogP contribution in [0.25, 0.3) is 0 Å². The second kappa shape index (κ2) is 7.01. The molecule has 2 unspecified atom stereocenters. The molecule has 1 aliphatic rings. The van der Waals surface area contributed by atoms with E-state index in [-0.39, 0.29) is 11.9 Å². The highest BCUT2D eigenvalue weighted by atomic mass is 32.1. The molecular formula is C18H24N4OS. The number of carbonyl (C=O) groups excluding carboxylic acids is 1. The van der Waals surface area contributed by atoms with E-state index >= 15 is 0 Å². The van der Waals surface area contributed by atoms with Gasteiger partial charge in [-0.15, -0.1) is 11.3 Å². The van der Waals surface area contributed by atoms with Gasteiger partial charge < -0.3 is 5.73 Å². The van der Waals surface area contributed by atoms with Gasteiger partial charge in [0.25, 0.3) is 0 Å². The maximum atomic E-state index is 12.1. The zero-order valence-corrected chi connectivity index (χ0v) is 15.2. The van der Waals surface area contributed by atoms with Crippen molar-refractivity contribution in [1.29, 1.82) is 0 Å². The van der Waals surface area contributed by atoms with Gasteiger partial charge in [-0.2, -0.15) is 0 Å². The minimum Gasteiger partial charge on any atom is -0.326 e. The molecule has 1 fully saturated rings. The van der Waals surface area contributed by atoms with E-state index in [0.717, 1.165) is 36.1 Å². The second-order valence-corrected chi connectivity index (χ2v) is 7.48. The number of thiazole rings is 1. The smallest absolute Gasteiger partial charge is 0.230 e. The first kappa shape index (κ1) is 17.1. The number of aromatic nitrogens is 1. The van der Waals surface area contributed by atoms with E-state index < -0.39 is 0 Å². The molecule has 0 aliphatic carbocycles. The van der Waals surface area contributed by atoms with E-state index in [1.54, 1.807) is 11.8 Å². The van der Waals surface area contributed by atoms with Crippen molar-refractivity contribution >= 4 is 28.1 Å². The molecule has 0 saturated carbocycles. The van der Waals surface area contributed by atoms with E-state index in [2.05, 4.69) is 16.8 Å². The summed E-state index contributed by atoms with van der Waals surface area (Å²) in [5.41, 5.74) is 9.11. The van der Waals surface area contributed by atoms with Crippen molar-refractivity contribution < 1.29 is 4.79 Å². The van der Waals surface area contributed by atoms with E-state index in [9.17, 15) is 4.79 Å². The summed E-state index contributed by atoms with van der Waals surface area (Å²) in [5.74, 6) is 0.487. The third-order valence-corrected chi connectivity index (χ3v) is 5.34. The zero-order valence-electron chi connectivity index (χ0n) is 14.4. The summed E-state index contributed by atoms with van der Waals surface area (Å²) in [7, 11) is 0. The number of aryl methyl sites for hydroxylation is 1. The maximum absolute atomic E-state index is 12.1. The summed E-state index contributed by atoms with van der Waals surface area (Å²) in [6.45, 7) is 8.48. The topological polar surface area (TPSA) is 62.5 Å². The summed E-state index contributed by atoms with van der Waals surface area (Å²) >= 11 is 1.51. The second-order valence-electron chi connectivity index (χ2n) is 6.65. The highest BCUT2D eigenvalue weighted by Gasteiger charge is 2.27. The first-order valence-corrected chi connectivity index (χ1v) is 9.11. The number of nitrogens with zero attached hydrogens (tertiary/aromatic N) is 3. The van der Waals surface area contributed by atoms with Crippen molar-refractivity contribution in [2.75, 3.05) is 18.0 Å². The Morgan fingerprint density at radius 1 is 1.38 bits per heavy atom. The van der Waals surface area contributed by atoms with Gasteiger partial charge in [0.05, 0.1) is 11.4 Å². The number of benzene rings is 1. The summed E-state index contributed by atoms with van der Waals surface area (Å²) < 4.78 is 0. The van der Waals surface area contributed by atoms with Gasteiger partial charge in [0.15, 0.2) is 5.13 Å². The molecule has 3 rings (SSSR count). The molecule has 1 aliphatic heterocycles. The van der Waals surface area contributed by atoms with Crippen LogP contribution in [0, 0.1) is 12.8 Å². The first-order chi connectivity index (χ1) is 11.4. The van der Waals surface area contributed by atoms with Crippen molar-refractivity contribution in [3.63, 3.8) is 0 Å². The average molecular weight is 344 g/mol. The molecule has 24 heavy (non-hydrogen) atoms. The minimum atomic E-state index is -0.0310. The number of anilines is 2. The molecule has 0 radical (unpaired) electrons. The molecule has 2 atom stereocenters. The molecule has 1 amide bonds. The van der Waals surface area contributed by atoms with E-state index in [1.165, 1.54) is 16.9 Å². The van der Waals surface area contributed by atoms with Gasteiger partial charge in [-0.1, -0.05) is 24.6 Å². The fourth-order valence-corrected chi connectivity index (χ4v) is 3.92. The lowest BCUT2D eigenvalue weighted by molar-refractivity contribution is -0.115. The van der Waals surface area contributed by atoms with E-state index in [0.29, 0.717) is 5.92 Å². The molecule has 1 saturated heterocycles. The van der Waals surface area contributed by atoms with Gasteiger partial charge in [-0.05, 0) is 25.0 Å². The molecule has 0 bridgehead atoms. The molecule has 128 valence electrons. The summed E-state index contributed by atoms with van der Waals surface area (Å²) in [4.78, 5) is 20.8. The molecule has 1 aromatic carbocycles. The standard InChI is InChI=1S/C18H24N4OS/c1-12-4-6-16(7-5-12)22(14(3)23)18-20-15(11-24-18)9-21-8-13(2)17(19)10-21/h4-7,11,13,17H,8-10,19H2,1-3H3. The van der Waals surface area contributed by atoms with Crippen LogP contribution in [0.15, 0.2) is 29.6 Å². The Morgan fingerprint density at radius 2 is 2.08 bits per heavy atom. The first-order valence-electron chi connectivity index (χ1n) is 8.23. The quantitative estimate of drug-likeness (QED) is 0.926. The van der Waals surface area contributed by atoms with Crippen LogP contribution in [-0.2, 0) is 11.3 Å². The van der Waals surface area contributed by atoms with Crippen molar-refractivity contribution in [3.8, 4) is 0 Å². The lowest BCUT2D eigenvalue weighted by Gasteiger charge is -2.18. The molecule has 2 aromatic rings. The number of nitrogens with two attached hydrogens (primary N) is 1. The van der Waals surface area contributed by atoms with Gasteiger partial charge in [-0.25, -0.2) is 4.98 Å². The molecule has 6 heteroatoms. The number of carbonyl (C=O) groups is 1. The largest absolute Gasteiger partial charge is 0.326 e. The lowest BCUT2D eigenvalue weighted by atomic mass is 10.1. The Bertz CT molecular complexity index is 702. The number of hydrogen-bond acceptors (Lipinski definition) is 5. The maximum Gasteiger partial charge on any atom is 0.230 e. The van der Waals surface area contributed by atoms with Gasteiger partial charge in [-0.3, -0.25) is 14.6 Å². The minimum absolute atomic E-state index is 0.0310. The lowest BCUT2D eigenvalue weighted by Crippen LogP contribution is -2.28. The van der Waals surface area contributed by atoms with Crippen molar-refractivity contribution in [2.45, 2.75) is 33.4 Å². The Morgan fingerprint density at radius 3 is 2.67 bits per heavy atom. The van der Waals surface area contributed by atoms with Crippen LogP contribution < -0.4 is 10.6 Å². The zero-order chi connectivity index (χ0) is 17.3. The normalized spacial score (nSPS) is 21.2. The molecule has 0 spiro atoms. The van der Waals surface area contributed by atoms with Crippen LogP contribution in [-0.4, -0.2) is 34.9 Å². The van der Waals surface area contributed by atoms with Crippen LogP contribution in [0.1, 0.15) is 25.1 Å². The van der Waals surface area contributed by atoms with Gasteiger partial charge >= 0.3 is 0 Å². The molecule has 1 aromatic heterocycles. The number of likely N-dealkylation sites (tertiary alicyclic amines) is 1. The predicted molar refractivity (Wildman–Crippen MR) is 98.5 cm³/mol. The summed E-state index contributed by atoms with van der Waals surface area (Å²) in [6.07, 6.45) is 0. The van der Waals surface area contributed by atoms with Crippen molar-refractivity contribution in [3.05, 3.63) is 40.9 Å². The van der Waals surface area contributed by atoms with Crippen LogP contribution >= 0.6 is 11.3 Å². The fraction of sp³-hybridized carbons (Fsp3) is 0.444. The van der Waals surface area contributed by atoms with E-state index in [4.69, 9.17) is 5.73 Å². The van der Waals surface area contributed by atoms with Gasteiger partial charge in [0.1, 0.15) is 0 Å². The third-order valence-electron chi connectivity index (χ3n) is 4.47. The van der Waals surface area contributed by atoms with E-state index in [1.807, 2.05) is 36.6 Å². The summed E-state index contributed by atoms with van der Waals surface area (Å²) in [5, 5.41) is 2.76. The molecule has 2 N–H and O–H groups in total. The van der Waals surface area contributed by atoms with Crippen molar-refractivity contribution in [2.24, 2.45) is 11.7 Å². The number of rotatable bonds is 4. The van der Waals surface area contributed by atoms with Gasteiger partial charge in [0.2, 0.25) is 5.91 Å². The highest BCUT2D eigenvalue weighted by Crippen LogP contribution is 2.30. The Balaban J connectivity index is 1.77. The highest BCUT2D eigenvalue weighted by molar-refractivity contribution is 7.14.